The quantitative estimate of drug-likeness (QED) is 0.719. The number of carbonyl (C=O) groups excluding carboxylic acids is 1. The molecule has 0 atom stereocenters. The van der Waals surface area contributed by atoms with Crippen molar-refractivity contribution in [1.29, 1.82) is 0 Å². The van der Waals surface area contributed by atoms with Gasteiger partial charge in [0.25, 0.3) is 0 Å². The average Bonchev–Trinajstić information content (AvgIpc) is 2.84. The van der Waals surface area contributed by atoms with Gasteiger partial charge in [0.15, 0.2) is 5.69 Å². The molecule has 0 aliphatic carbocycles. The van der Waals surface area contributed by atoms with Gasteiger partial charge in [-0.05, 0) is 12.1 Å². The molecule has 2 aromatic rings. The molecule has 2 aromatic heterocycles. The Hall–Kier alpha value is -2.99. The molecular formula is C21H25F3N6O3. The predicted molar refractivity (Wildman–Crippen MR) is 115 cm³/mol. The van der Waals surface area contributed by atoms with Crippen molar-refractivity contribution in [3.63, 3.8) is 0 Å². The van der Waals surface area contributed by atoms with Crippen LogP contribution in [0.4, 0.5) is 30.8 Å². The minimum atomic E-state index is -4.74. The summed E-state index contributed by atoms with van der Waals surface area (Å²) in [5, 5.41) is 2.38. The van der Waals surface area contributed by atoms with Crippen LogP contribution >= 0.6 is 0 Å². The lowest BCUT2D eigenvalue weighted by atomic mass is 10.1. The third kappa shape index (κ3) is 5.50. The van der Waals surface area contributed by atoms with Gasteiger partial charge in [-0.1, -0.05) is 6.92 Å². The van der Waals surface area contributed by atoms with E-state index in [-0.39, 0.29) is 23.5 Å². The topological polar surface area (TPSA) is 92.7 Å². The summed E-state index contributed by atoms with van der Waals surface area (Å²) in [5.74, 6) is 0.290. The van der Waals surface area contributed by atoms with Gasteiger partial charge >= 0.3 is 6.18 Å². The molecule has 0 aromatic carbocycles. The van der Waals surface area contributed by atoms with E-state index in [4.69, 9.17) is 9.47 Å². The van der Waals surface area contributed by atoms with Crippen molar-refractivity contribution in [2.75, 3.05) is 67.7 Å². The number of morpholine rings is 2. The highest BCUT2D eigenvalue weighted by Gasteiger charge is 2.37. The van der Waals surface area contributed by atoms with Crippen LogP contribution < -0.4 is 15.1 Å². The standard InChI is InChI=1S/C21H25F3N6O3/c1-2-18(31)26-16-4-3-14(19(27-16)21(22,23)24)15-13-17(29-5-9-32-10-6-29)28-20(25-15)30-7-11-33-12-8-30/h3-4,13H,2,5-12H2,1H3,(H,26,27,31). The maximum Gasteiger partial charge on any atom is 0.434 e. The first-order valence-electron chi connectivity index (χ1n) is 10.8. The monoisotopic (exact) mass is 466 g/mol. The molecule has 0 radical (unpaired) electrons. The molecule has 1 N–H and O–H groups in total. The Morgan fingerprint density at radius 2 is 1.64 bits per heavy atom. The van der Waals surface area contributed by atoms with Gasteiger partial charge < -0.3 is 24.6 Å². The highest BCUT2D eigenvalue weighted by Crippen LogP contribution is 2.37. The van der Waals surface area contributed by atoms with E-state index >= 15 is 0 Å². The zero-order valence-corrected chi connectivity index (χ0v) is 18.2. The van der Waals surface area contributed by atoms with E-state index in [1.165, 1.54) is 12.1 Å². The maximum atomic E-state index is 14.0. The lowest BCUT2D eigenvalue weighted by molar-refractivity contribution is -0.140. The summed E-state index contributed by atoms with van der Waals surface area (Å²) >= 11 is 0. The summed E-state index contributed by atoms with van der Waals surface area (Å²) in [6.07, 6.45) is -4.62. The van der Waals surface area contributed by atoms with Crippen molar-refractivity contribution >= 4 is 23.5 Å². The van der Waals surface area contributed by atoms with E-state index in [1.54, 1.807) is 13.0 Å². The van der Waals surface area contributed by atoms with Gasteiger partial charge in [-0.3, -0.25) is 4.79 Å². The number of nitrogens with zero attached hydrogens (tertiary/aromatic N) is 5. The van der Waals surface area contributed by atoms with Gasteiger partial charge in [0.1, 0.15) is 11.6 Å². The molecule has 4 rings (SSSR count). The molecular weight excluding hydrogens is 441 g/mol. The Morgan fingerprint density at radius 1 is 1.00 bits per heavy atom. The number of anilines is 3. The minimum absolute atomic E-state index is 0.112. The van der Waals surface area contributed by atoms with Gasteiger partial charge in [0, 0.05) is 44.2 Å². The van der Waals surface area contributed by atoms with Crippen molar-refractivity contribution in [3.05, 3.63) is 23.9 Å². The largest absolute Gasteiger partial charge is 0.434 e. The molecule has 0 bridgehead atoms. The van der Waals surface area contributed by atoms with Crippen LogP contribution in [0.5, 0.6) is 0 Å². The molecule has 2 saturated heterocycles. The molecule has 178 valence electrons. The third-order valence-electron chi connectivity index (χ3n) is 5.36. The Balaban J connectivity index is 1.79. The second kappa shape index (κ2) is 9.87. The van der Waals surface area contributed by atoms with E-state index in [2.05, 4.69) is 20.3 Å². The lowest BCUT2D eigenvalue weighted by Gasteiger charge is -2.31. The van der Waals surface area contributed by atoms with Gasteiger partial charge in [-0.2, -0.15) is 18.2 Å². The van der Waals surface area contributed by atoms with Crippen LogP contribution in [0.25, 0.3) is 11.3 Å². The van der Waals surface area contributed by atoms with Crippen LogP contribution in [0.2, 0.25) is 0 Å². The fourth-order valence-corrected chi connectivity index (χ4v) is 3.60. The highest BCUT2D eigenvalue weighted by atomic mass is 19.4. The number of hydrogen-bond acceptors (Lipinski definition) is 8. The van der Waals surface area contributed by atoms with E-state index in [1.807, 2.05) is 9.80 Å². The Morgan fingerprint density at radius 3 is 2.24 bits per heavy atom. The predicted octanol–water partition coefficient (Wildman–Crippen LogP) is 2.58. The second-order valence-electron chi connectivity index (χ2n) is 7.60. The number of halogens is 3. The number of nitrogens with one attached hydrogen (secondary N) is 1. The molecule has 33 heavy (non-hydrogen) atoms. The molecule has 2 aliphatic rings. The molecule has 12 heteroatoms. The summed E-state index contributed by atoms with van der Waals surface area (Å²) in [5.41, 5.74) is -1.18. The Labute approximate surface area is 188 Å². The maximum absolute atomic E-state index is 14.0. The number of hydrogen-bond donors (Lipinski definition) is 1. The number of carbonyl (C=O) groups is 1. The zero-order valence-electron chi connectivity index (χ0n) is 18.2. The van der Waals surface area contributed by atoms with Crippen LogP contribution in [0, 0.1) is 0 Å². The van der Waals surface area contributed by atoms with Gasteiger partial charge in [-0.25, -0.2) is 9.97 Å². The molecule has 0 unspecified atom stereocenters. The van der Waals surface area contributed by atoms with E-state index < -0.39 is 17.8 Å². The Bertz CT molecular complexity index is 955. The van der Waals surface area contributed by atoms with Crippen LogP contribution in [0.1, 0.15) is 19.0 Å². The molecule has 1 amide bonds. The molecule has 0 spiro atoms. The van der Waals surface area contributed by atoms with Crippen molar-refractivity contribution in [2.45, 2.75) is 19.5 Å². The number of rotatable bonds is 5. The molecule has 9 nitrogen and oxygen atoms in total. The van der Waals surface area contributed by atoms with Gasteiger partial charge in [-0.15, -0.1) is 0 Å². The normalized spacial score (nSPS) is 17.2. The van der Waals surface area contributed by atoms with Crippen LogP contribution in [-0.4, -0.2) is 73.5 Å². The van der Waals surface area contributed by atoms with Crippen molar-refractivity contribution in [2.24, 2.45) is 0 Å². The number of amides is 1. The fourth-order valence-electron chi connectivity index (χ4n) is 3.60. The number of alkyl halides is 3. The minimum Gasteiger partial charge on any atom is -0.378 e. The van der Waals surface area contributed by atoms with Crippen LogP contribution in [0.3, 0.4) is 0 Å². The van der Waals surface area contributed by atoms with E-state index in [0.717, 1.165) is 0 Å². The van der Waals surface area contributed by atoms with Crippen LogP contribution in [0.15, 0.2) is 18.2 Å². The smallest absolute Gasteiger partial charge is 0.378 e. The lowest BCUT2D eigenvalue weighted by Crippen LogP contribution is -2.39. The second-order valence-corrected chi connectivity index (χ2v) is 7.60. The van der Waals surface area contributed by atoms with Gasteiger partial charge in [0.2, 0.25) is 11.9 Å². The van der Waals surface area contributed by atoms with Crippen molar-refractivity contribution < 1.29 is 27.4 Å². The van der Waals surface area contributed by atoms with Crippen molar-refractivity contribution in [3.8, 4) is 11.3 Å². The van der Waals surface area contributed by atoms with Crippen LogP contribution in [-0.2, 0) is 20.4 Å². The molecule has 2 fully saturated rings. The van der Waals surface area contributed by atoms with Crippen molar-refractivity contribution in [1.82, 2.24) is 15.0 Å². The number of pyridine rings is 1. The first kappa shape index (κ1) is 23.2. The molecule has 2 aliphatic heterocycles. The summed E-state index contributed by atoms with van der Waals surface area (Å²) in [4.78, 5) is 28.3. The summed E-state index contributed by atoms with van der Waals surface area (Å²) in [6.45, 7) is 5.83. The van der Waals surface area contributed by atoms with E-state index in [0.29, 0.717) is 64.4 Å². The average molecular weight is 466 g/mol. The van der Waals surface area contributed by atoms with E-state index in [9.17, 15) is 18.0 Å². The first-order valence-corrected chi connectivity index (χ1v) is 10.8. The number of aromatic nitrogens is 3. The summed E-state index contributed by atoms with van der Waals surface area (Å²) in [7, 11) is 0. The fraction of sp³-hybridized carbons (Fsp3) is 0.524. The summed E-state index contributed by atoms with van der Waals surface area (Å²) < 4.78 is 52.7. The first-order chi connectivity index (χ1) is 15.8. The molecule has 0 saturated carbocycles. The van der Waals surface area contributed by atoms with Gasteiger partial charge in [0.05, 0.1) is 32.1 Å². The SMILES string of the molecule is CCC(=O)Nc1ccc(-c2cc(N3CCOCC3)nc(N3CCOCC3)n2)c(C(F)(F)F)n1. The molecule has 4 heterocycles. The summed E-state index contributed by atoms with van der Waals surface area (Å²) in [6, 6.07) is 4.19. The third-order valence-corrected chi connectivity index (χ3v) is 5.36. The highest BCUT2D eigenvalue weighted by molar-refractivity contribution is 5.89. The zero-order chi connectivity index (χ0) is 23.4. The Kier molecular flexibility index (Phi) is 6.94. The number of ether oxygens (including phenoxy) is 2.